The normalized spacial score (nSPS) is 11.2. The van der Waals surface area contributed by atoms with Crippen molar-refractivity contribution in [3.05, 3.63) is 42.2 Å². The fourth-order valence-corrected chi connectivity index (χ4v) is 1.93. The van der Waals surface area contributed by atoms with E-state index in [1.807, 2.05) is 0 Å². The number of oxazole rings is 1. The maximum absolute atomic E-state index is 12.9. The number of hydrogen-bond donors (Lipinski definition) is 1. The molecule has 0 aliphatic carbocycles. The van der Waals surface area contributed by atoms with Crippen molar-refractivity contribution in [2.24, 2.45) is 5.92 Å². The Morgan fingerprint density at radius 1 is 1.25 bits per heavy atom. The Balaban J connectivity index is 1.82. The van der Waals surface area contributed by atoms with Crippen molar-refractivity contribution < 1.29 is 8.81 Å². The molecule has 0 saturated heterocycles. The van der Waals surface area contributed by atoms with Gasteiger partial charge >= 0.3 is 0 Å². The van der Waals surface area contributed by atoms with Crippen LogP contribution in [0.15, 0.2) is 34.9 Å². The topological polar surface area (TPSA) is 38.1 Å². The van der Waals surface area contributed by atoms with Crippen LogP contribution in [-0.4, -0.2) is 18.1 Å². The first-order valence-corrected chi connectivity index (χ1v) is 7.06. The summed E-state index contributed by atoms with van der Waals surface area (Å²) in [6.07, 6.45) is 3.51. The standard InChI is InChI=1S/C16H21FN2O/c1-12(2)10-18-9-3-4-16-19-11-15(20-16)13-5-7-14(17)8-6-13/h5-8,11-12,18H,3-4,9-10H2,1-2H3. The molecule has 1 aromatic heterocycles. The number of aromatic nitrogens is 1. The van der Waals surface area contributed by atoms with Gasteiger partial charge in [0, 0.05) is 12.0 Å². The van der Waals surface area contributed by atoms with Gasteiger partial charge in [-0.2, -0.15) is 0 Å². The predicted molar refractivity (Wildman–Crippen MR) is 77.9 cm³/mol. The molecule has 2 aromatic rings. The quantitative estimate of drug-likeness (QED) is 0.784. The number of aryl methyl sites for hydroxylation is 1. The van der Waals surface area contributed by atoms with Gasteiger partial charge in [-0.3, -0.25) is 0 Å². The number of nitrogens with zero attached hydrogens (tertiary/aromatic N) is 1. The van der Waals surface area contributed by atoms with Crippen LogP contribution in [0.2, 0.25) is 0 Å². The van der Waals surface area contributed by atoms with Gasteiger partial charge in [0.1, 0.15) is 5.82 Å². The first kappa shape index (κ1) is 14.7. The summed E-state index contributed by atoms with van der Waals surface area (Å²) in [4.78, 5) is 4.26. The van der Waals surface area contributed by atoms with Crippen LogP contribution < -0.4 is 5.32 Å². The molecule has 0 fully saturated rings. The van der Waals surface area contributed by atoms with Crippen LogP contribution in [0.25, 0.3) is 11.3 Å². The van der Waals surface area contributed by atoms with Crippen LogP contribution in [0, 0.1) is 11.7 Å². The molecule has 0 bridgehead atoms. The minimum atomic E-state index is -0.246. The SMILES string of the molecule is CC(C)CNCCCc1ncc(-c2ccc(F)cc2)o1. The van der Waals surface area contributed by atoms with E-state index >= 15 is 0 Å². The lowest BCUT2D eigenvalue weighted by molar-refractivity contribution is 0.483. The summed E-state index contributed by atoms with van der Waals surface area (Å²) in [6, 6.07) is 6.24. The molecule has 0 unspecified atom stereocenters. The van der Waals surface area contributed by atoms with E-state index in [1.165, 1.54) is 12.1 Å². The Morgan fingerprint density at radius 2 is 2.00 bits per heavy atom. The van der Waals surface area contributed by atoms with E-state index in [2.05, 4.69) is 24.1 Å². The second kappa shape index (κ2) is 7.20. The Hall–Kier alpha value is -1.68. The smallest absolute Gasteiger partial charge is 0.194 e. The van der Waals surface area contributed by atoms with E-state index in [4.69, 9.17) is 4.42 Å². The molecule has 0 aliphatic rings. The van der Waals surface area contributed by atoms with E-state index in [1.54, 1.807) is 18.3 Å². The average Bonchev–Trinajstić information content (AvgIpc) is 2.87. The fraction of sp³-hybridized carbons (Fsp3) is 0.438. The summed E-state index contributed by atoms with van der Waals surface area (Å²) >= 11 is 0. The summed E-state index contributed by atoms with van der Waals surface area (Å²) in [6.45, 7) is 6.38. The Bertz CT molecular complexity index is 520. The van der Waals surface area contributed by atoms with Crippen molar-refractivity contribution in [2.75, 3.05) is 13.1 Å². The van der Waals surface area contributed by atoms with Crippen molar-refractivity contribution in [3.8, 4) is 11.3 Å². The summed E-state index contributed by atoms with van der Waals surface area (Å²) in [7, 11) is 0. The van der Waals surface area contributed by atoms with Gasteiger partial charge < -0.3 is 9.73 Å². The van der Waals surface area contributed by atoms with Crippen LogP contribution in [0.1, 0.15) is 26.2 Å². The largest absolute Gasteiger partial charge is 0.441 e. The highest BCUT2D eigenvalue weighted by molar-refractivity contribution is 5.55. The van der Waals surface area contributed by atoms with Gasteiger partial charge in [0.05, 0.1) is 6.20 Å². The molecule has 0 aliphatic heterocycles. The summed E-state index contributed by atoms with van der Waals surface area (Å²) in [5.41, 5.74) is 0.850. The molecule has 0 amide bonds. The van der Waals surface area contributed by atoms with Gasteiger partial charge in [-0.05, 0) is 49.7 Å². The maximum Gasteiger partial charge on any atom is 0.194 e. The number of rotatable bonds is 7. The third-order valence-corrected chi connectivity index (χ3v) is 2.98. The average molecular weight is 276 g/mol. The van der Waals surface area contributed by atoms with E-state index in [0.29, 0.717) is 11.7 Å². The number of halogens is 1. The highest BCUT2D eigenvalue weighted by Crippen LogP contribution is 2.20. The molecule has 3 nitrogen and oxygen atoms in total. The minimum absolute atomic E-state index is 0.246. The zero-order valence-electron chi connectivity index (χ0n) is 12.0. The zero-order chi connectivity index (χ0) is 14.4. The molecule has 4 heteroatoms. The molecular formula is C16H21FN2O. The lowest BCUT2D eigenvalue weighted by atomic mass is 10.2. The van der Waals surface area contributed by atoms with Crippen molar-refractivity contribution in [3.63, 3.8) is 0 Å². The lowest BCUT2D eigenvalue weighted by Crippen LogP contribution is -2.21. The summed E-state index contributed by atoms with van der Waals surface area (Å²) < 4.78 is 18.5. The fourth-order valence-electron chi connectivity index (χ4n) is 1.93. The maximum atomic E-state index is 12.9. The highest BCUT2D eigenvalue weighted by Gasteiger charge is 2.06. The highest BCUT2D eigenvalue weighted by atomic mass is 19.1. The van der Waals surface area contributed by atoms with Crippen LogP contribution in [0.3, 0.4) is 0 Å². The van der Waals surface area contributed by atoms with Gasteiger partial charge in [-0.15, -0.1) is 0 Å². The first-order valence-electron chi connectivity index (χ1n) is 7.06. The first-order chi connectivity index (χ1) is 9.65. The zero-order valence-corrected chi connectivity index (χ0v) is 12.0. The molecule has 1 heterocycles. The summed E-state index contributed by atoms with van der Waals surface area (Å²) in [5, 5.41) is 3.39. The molecule has 0 spiro atoms. The second-order valence-electron chi connectivity index (χ2n) is 5.33. The third-order valence-electron chi connectivity index (χ3n) is 2.98. The van der Waals surface area contributed by atoms with Crippen LogP contribution in [0.4, 0.5) is 4.39 Å². The Kier molecular flexibility index (Phi) is 5.30. The lowest BCUT2D eigenvalue weighted by Gasteiger charge is -2.05. The molecule has 108 valence electrons. The van der Waals surface area contributed by atoms with Gasteiger partial charge in [-0.1, -0.05) is 13.8 Å². The van der Waals surface area contributed by atoms with E-state index in [9.17, 15) is 4.39 Å². The van der Waals surface area contributed by atoms with Crippen LogP contribution in [0.5, 0.6) is 0 Å². The predicted octanol–water partition coefficient (Wildman–Crippen LogP) is 3.66. The van der Waals surface area contributed by atoms with Gasteiger partial charge in [0.25, 0.3) is 0 Å². The number of benzene rings is 1. The molecule has 20 heavy (non-hydrogen) atoms. The molecule has 2 rings (SSSR count). The molecule has 1 aromatic carbocycles. The van der Waals surface area contributed by atoms with E-state index in [0.717, 1.165) is 37.4 Å². The van der Waals surface area contributed by atoms with E-state index < -0.39 is 0 Å². The molecule has 0 radical (unpaired) electrons. The molecule has 1 N–H and O–H groups in total. The number of hydrogen-bond acceptors (Lipinski definition) is 3. The van der Waals surface area contributed by atoms with Crippen LogP contribution in [-0.2, 0) is 6.42 Å². The molecule has 0 saturated carbocycles. The van der Waals surface area contributed by atoms with Crippen LogP contribution >= 0.6 is 0 Å². The third kappa shape index (κ3) is 4.46. The van der Waals surface area contributed by atoms with Gasteiger partial charge in [0.15, 0.2) is 11.7 Å². The van der Waals surface area contributed by atoms with Crippen molar-refractivity contribution in [1.29, 1.82) is 0 Å². The van der Waals surface area contributed by atoms with Gasteiger partial charge in [-0.25, -0.2) is 9.37 Å². The monoisotopic (exact) mass is 276 g/mol. The Labute approximate surface area is 119 Å². The Morgan fingerprint density at radius 3 is 2.70 bits per heavy atom. The number of nitrogens with one attached hydrogen (secondary N) is 1. The molecular weight excluding hydrogens is 255 g/mol. The second-order valence-corrected chi connectivity index (χ2v) is 5.33. The molecule has 0 atom stereocenters. The van der Waals surface area contributed by atoms with Crippen molar-refractivity contribution in [2.45, 2.75) is 26.7 Å². The van der Waals surface area contributed by atoms with Gasteiger partial charge in [0.2, 0.25) is 0 Å². The summed E-state index contributed by atoms with van der Waals surface area (Å²) in [5.74, 6) is 1.84. The van der Waals surface area contributed by atoms with Crippen molar-refractivity contribution in [1.82, 2.24) is 10.3 Å². The van der Waals surface area contributed by atoms with E-state index in [-0.39, 0.29) is 5.82 Å². The van der Waals surface area contributed by atoms with Crippen molar-refractivity contribution >= 4 is 0 Å². The minimum Gasteiger partial charge on any atom is -0.441 e.